The molecule has 0 saturated heterocycles. The zero-order chi connectivity index (χ0) is 16.7. The Morgan fingerprint density at radius 2 is 1.87 bits per heavy atom. The van der Waals surface area contributed by atoms with Crippen LogP contribution < -0.4 is 0 Å². The second-order valence-electron chi connectivity index (χ2n) is 5.58. The molecular weight excluding hydrogens is 317 g/mol. The van der Waals surface area contributed by atoms with Gasteiger partial charge in [0.1, 0.15) is 5.82 Å². The fourth-order valence-corrected chi connectivity index (χ4v) is 2.49. The fourth-order valence-electron chi connectivity index (χ4n) is 2.30. The van der Waals surface area contributed by atoms with Gasteiger partial charge in [0.2, 0.25) is 0 Å². The van der Waals surface area contributed by atoms with Crippen LogP contribution in [0.5, 0.6) is 0 Å². The molecule has 124 valence electrons. The summed E-state index contributed by atoms with van der Waals surface area (Å²) in [5.41, 5.74) is 1.90. The number of rotatable bonds is 8. The number of halogens is 2. The Bertz CT molecular complexity index is 606. The Morgan fingerprint density at radius 3 is 2.57 bits per heavy atom. The number of hydrogen-bond donors (Lipinski definition) is 1. The molecule has 0 unspecified atom stereocenters. The lowest BCUT2D eigenvalue weighted by Gasteiger charge is -2.20. The first-order valence-electron chi connectivity index (χ1n) is 7.47. The zero-order valence-corrected chi connectivity index (χ0v) is 13.8. The maximum atomic E-state index is 12.9. The molecule has 2 rings (SSSR count). The van der Waals surface area contributed by atoms with Crippen molar-refractivity contribution in [3.05, 3.63) is 70.5 Å². The van der Waals surface area contributed by atoms with Crippen LogP contribution in [-0.2, 0) is 17.9 Å². The SMILES string of the molecule is CN(Cc1ccc(F)cc1)C[C@@H](O)COCc1ccccc1Cl. The quantitative estimate of drug-likeness (QED) is 0.800. The van der Waals surface area contributed by atoms with E-state index in [4.69, 9.17) is 16.3 Å². The van der Waals surface area contributed by atoms with Crippen molar-refractivity contribution in [2.45, 2.75) is 19.3 Å². The van der Waals surface area contributed by atoms with Crippen molar-refractivity contribution in [3.63, 3.8) is 0 Å². The fraction of sp³-hybridized carbons (Fsp3) is 0.333. The largest absolute Gasteiger partial charge is 0.389 e. The maximum Gasteiger partial charge on any atom is 0.123 e. The van der Waals surface area contributed by atoms with E-state index in [0.29, 0.717) is 24.7 Å². The lowest BCUT2D eigenvalue weighted by atomic mass is 10.2. The van der Waals surface area contributed by atoms with Crippen LogP contribution in [0, 0.1) is 5.82 Å². The summed E-state index contributed by atoms with van der Waals surface area (Å²) in [6, 6.07) is 13.8. The predicted octanol–water partition coefficient (Wildman–Crippen LogP) is 3.49. The van der Waals surface area contributed by atoms with Gasteiger partial charge >= 0.3 is 0 Å². The van der Waals surface area contributed by atoms with E-state index < -0.39 is 6.10 Å². The first kappa shape index (κ1) is 17.9. The third-order valence-corrected chi connectivity index (χ3v) is 3.78. The number of hydrogen-bond acceptors (Lipinski definition) is 3. The van der Waals surface area contributed by atoms with Crippen LogP contribution in [-0.4, -0.2) is 36.3 Å². The Hall–Kier alpha value is -1.46. The number of ether oxygens (including phenoxy) is 1. The maximum absolute atomic E-state index is 12.9. The summed E-state index contributed by atoms with van der Waals surface area (Å²) in [5, 5.41) is 10.7. The molecule has 0 aliphatic heterocycles. The monoisotopic (exact) mass is 337 g/mol. The smallest absolute Gasteiger partial charge is 0.123 e. The lowest BCUT2D eigenvalue weighted by molar-refractivity contribution is 0.0127. The second kappa shape index (κ2) is 8.99. The standard InChI is InChI=1S/C18H21ClFNO2/c1-21(10-14-6-8-16(20)9-7-14)11-17(22)13-23-12-15-4-2-3-5-18(15)19/h2-9,17,22H,10-13H2,1H3/t17-/m1/s1. The summed E-state index contributed by atoms with van der Waals surface area (Å²) in [5.74, 6) is -0.246. The van der Waals surface area contributed by atoms with Crippen LogP contribution in [0.2, 0.25) is 5.02 Å². The summed E-state index contributed by atoms with van der Waals surface area (Å²) in [4.78, 5) is 1.97. The van der Waals surface area contributed by atoms with Crippen molar-refractivity contribution in [3.8, 4) is 0 Å². The second-order valence-corrected chi connectivity index (χ2v) is 5.99. The van der Waals surface area contributed by atoms with Crippen LogP contribution in [0.3, 0.4) is 0 Å². The van der Waals surface area contributed by atoms with Gasteiger partial charge in [0, 0.05) is 18.1 Å². The van der Waals surface area contributed by atoms with Crippen LogP contribution in [0.1, 0.15) is 11.1 Å². The van der Waals surface area contributed by atoms with Gasteiger partial charge < -0.3 is 9.84 Å². The molecular formula is C18H21ClFNO2. The van der Waals surface area contributed by atoms with Gasteiger partial charge in [-0.05, 0) is 36.4 Å². The molecule has 0 aliphatic carbocycles. The minimum absolute atomic E-state index is 0.235. The molecule has 23 heavy (non-hydrogen) atoms. The molecule has 0 amide bonds. The molecule has 2 aromatic carbocycles. The van der Waals surface area contributed by atoms with Gasteiger partial charge in [-0.3, -0.25) is 4.90 Å². The molecule has 0 bridgehead atoms. The van der Waals surface area contributed by atoms with E-state index in [1.807, 2.05) is 36.2 Å². The van der Waals surface area contributed by atoms with Gasteiger partial charge in [-0.15, -0.1) is 0 Å². The minimum Gasteiger partial charge on any atom is -0.389 e. The van der Waals surface area contributed by atoms with E-state index in [9.17, 15) is 9.50 Å². The molecule has 0 spiro atoms. The molecule has 2 aromatic rings. The molecule has 0 heterocycles. The third kappa shape index (κ3) is 6.28. The molecule has 5 heteroatoms. The van der Waals surface area contributed by atoms with Crippen molar-refractivity contribution in [2.24, 2.45) is 0 Å². The number of aliphatic hydroxyl groups is 1. The Labute approximate surface area is 141 Å². The molecule has 3 nitrogen and oxygen atoms in total. The lowest BCUT2D eigenvalue weighted by Crippen LogP contribution is -2.31. The van der Waals surface area contributed by atoms with Crippen LogP contribution in [0.4, 0.5) is 4.39 Å². The van der Waals surface area contributed by atoms with Gasteiger partial charge in [0.15, 0.2) is 0 Å². The third-order valence-electron chi connectivity index (χ3n) is 3.41. The molecule has 1 N–H and O–H groups in total. The Balaban J connectivity index is 1.70. The summed E-state index contributed by atoms with van der Waals surface area (Å²) < 4.78 is 18.4. The summed E-state index contributed by atoms with van der Waals surface area (Å²) in [6.45, 7) is 1.72. The summed E-state index contributed by atoms with van der Waals surface area (Å²) >= 11 is 6.05. The van der Waals surface area contributed by atoms with Gasteiger partial charge in [-0.2, -0.15) is 0 Å². The first-order valence-corrected chi connectivity index (χ1v) is 7.84. The molecule has 0 radical (unpaired) electrons. The number of aliphatic hydroxyl groups excluding tert-OH is 1. The van der Waals surface area contributed by atoms with Crippen molar-refractivity contribution in [1.29, 1.82) is 0 Å². The molecule has 0 fully saturated rings. The van der Waals surface area contributed by atoms with E-state index in [0.717, 1.165) is 11.1 Å². The number of likely N-dealkylation sites (N-methyl/N-ethyl adjacent to an activating group) is 1. The van der Waals surface area contributed by atoms with E-state index in [1.165, 1.54) is 12.1 Å². The average Bonchev–Trinajstić information content (AvgIpc) is 2.51. The normalized spacial score (nSPS) is 12.6. The van der Waals surface area contributed by atoms with Gasteiger partial charge in [0.25, 0.3) is 0 Å². The van der Waals surface area contributed by atoms with Crippen molar-refractivity contribution >= 4 is 11.6 Å². The van der Waals surface area contributed by atoms with Gasteiger partial charge in [-0.1, -0.05) is 41.9 Å². The van der Waals surface area contributed by atoms with Crippen molar-refractivity contribution in [1.82, 2.24) is 4.90 Å². The average molecular weight is 338 g/mol. The summed E-state index contributed by atoms with van der Waals surface area (Å²) in [7, 11) is 1.90. The minimum atomic E-state index is -0.595. The highest BCUT2D eigenvalue weighted by atomic mass is 35.5. The molecule has 1 atom stereocenters. The first-order chi connectivity index (χ1) is 11.0. The summed E-state index contributed by atoms with van der Waals surface area (Å²) in [6.07, 6.45) is -0.595. The van der Waals surface area contributed by atoms with Crippen molar-refractivity contribution < 1.29 is 14.2 Å². The highest BCUT2D eigenvalue weighted by Crippen LogP contribution is 2.15. The van der Waals surface area contributed by atoms with Crippen molar-refractivity contribution in [2.75, 3.05) is 20.2 Å². The molecule has 0 aliphatic rings. The topological polar surface area (TPSA) is 32.7 Å². The van der Waals surface area contributed by atoms with E-state index in [-0.39, 0.29) is 12.4 Å². The van der Waals surface area contributed by atoms with Crippen LogP contribution in [0.25, 0.3) is 0 Å². The van der Waals surface area contributed by atoms with E-state index >= 15 is 0 Å². The van der Waals surface area contributed by atoms with Crippen LogP contribution >= 0.6 is 11.6 Å². The number of benzene rings is 2. The Morgan fingerprint density at radius 1 is 1.17 bits per heavy atom. The van der Waals surface area contributed by atoms with Gasteiger partial charge in [-0.25, -0.2) is 4.39 Å². The Kier molecular flexibility index (Phi) is 6.99. The highest BCUT2D eigenvalue weighted by Gasteiger charge is 2.10. The van der Waals surface area contributed by atoms with E-state index in [2.05, 4.69) is 0 Å². The molecule has 0 saturated carbocycles. The zero-order valence-electron chi connectivity index (χ0n) is 13.1. The van der Waals surface area contributed by atoms with E-state index in [1.54, 1.807) is 12.1 Å². The molecule has 0 aromatic heterocycles. The predicted molar refractivity (Wildman–Crippen MR) is 89.8 cm³/mol. The highest BCUT2D eigenvalue weighted by molar-refractivity contribution is 6.31. The van der Waals surface area contributed by atoms with Gasteiger partial charge in [0.05, 0.1) is 19.3 Å². The van der Waals surface area contributed by atoms with Crippen LogP contribution in [0.15, 0.2) is 48.5 Å². The number of nitrogens with zero attached hydrogens (tertiary/aromatic N) is 1.